The second-order valence-corrected chi connectivity index (χ2v) is 6.89. The van der Waals surface area contributed by atoms with Crippen molar-refractivity contribution < 1.29 is 13.6 Å². The van der Waals surface area contributed by atoms with Crippen LogP contribution in [-0.4, -0.2) is 31.4 Å². The van der Waals surface area contributed by atoms with Gasteiger partial charge in [-0.05, 0) is 48.5 Å². The third-order valence-electron chi connectivity index (χ3n) is 3.56. The third kappa shape index (κ3) is 4.05. The molecule has 9 heteroatoms. The lowest BCUT2D eigenvalue weighted by molar-refractivity contribution is -0.115. The van der Waals surface area contributed by atoms with Gasteiger partial charge in [-0.2, -0.15) is 4.68 Å². The maximum Gasteiger partial charge on any atom is 0.237 e. The fourth-order valence-corrected chi connectivity index (χ4v) is 2.95. The van der Waals surface area contributed by atoms with Crippen molar-refractivity contribution in [2.75, 3.05) is 5.32 Å². The van der Waals surface area contributed by atoms with Crippen LogP contribution in [0.3, 0.4) is 0 Å². The molecule has 3 aromatic rings. The van der Waals surface area contributed by atoms with Gasteiger partial charge in [0.05, 0.1) is 16.6 Å². The number of hydrogen-bond acceptors (Lipinski definition) is 5. The molecule has 0 unspecified atom stereocenters. The largest absolute Gasteiger partial charge is 0.323 e. The first-order valence-corrected chi connectivity index (χ1v) is 8.60. The van der Waals surface area contributed by atoms with Crippen LogP contribution in [0.1, 0.15) is 12.5 Å². The number of aryl methyl sites for hydroxylation is 1. The van der Waals surface area contributed by atoms with E-state index in [1.54, 1.807) is 6.92 Å². The Morgan fingerprint density at radius 1 is 1.19 bits per heavy atom. The molecule has 0 aliphatic heterocycles. The molecule has 1 amide bonds. The molecule has 0 saturated carbocycles. The minimum atomic E-state index is -0.707. The third-order valence-corrected chi connectivity index (χ3v) is 4.59. The lowest BCUT2D eigenvalue weighted by Gasteiger charge is -2.12. The minimum absolute atomic E-state index is 0.208. The zero-order chi connectivity index (χ0) is 18.7. The fraction of sp³-hybridized carbons (Fsp3) is 0.176. The quantitative estimate of drug-likeness (QED) is 0.692. The minimum Gasteiger partial charge on any atom is -0.323 e. The van der Waals surface area contributed by atoms with Crippen molar-refractivity contribution in [1.29, 1.82) is 0 Å². The molecule has 1 aromatic heterocycles. The van der Waals surface area contributed by atoms with Crippen molar-refractivity contribution in [3.8, 4) is 5.69 Å². The Morgan fingerprint density at radius 2 is 1.92 bits per heavy atom. The number of anilines is 1. The van der Waals surface area contributed by atoms with E-state index in [0.29, 0.717) is 5.16 Å². The Kier molecular flexibility index (Phi) is 5.27. The van der Waals surface area contributed by atoms with E-state index in [1.165, 1.54) is 4.68 Å². The van der Waals surface area contributed by atoms with Crippen molar-refractivity contribution in [1.82, 2.24) is 20.2 Å². The number of aromatic nitrogens is 4. The van der Waals surface area contributed by atoms with E-state index >= 15 is 0 Å². The van der Waals surface area contributed by atoms with Crippen molar-refractivity contribution in [2.24, 2.45) is 0 Å². The second-order valence-electron chi connectivity index (χ2n) is 5.58. The molecule has 1 atom stereocenters. The van der Waals surface area contributed by atoms with Gasteiger partial charge in [-0.15, -0.1) is 5.10 Å². The van der Waals surface area contributed by atoms with E-state index in [2.05, 4.69) is 20.8 Å². The summed E-state index contributed by atoms with van der Waals surface area (Å²) in [4.78, 5) is 12.3. The fourth-order valence-electron chi connectivity index (χ4n) is 2.14. The van der Waals surface area contributed by atoms with E-state index in [1.807, 2.05) is 31.2 Å². The summed E-state index contributed by atoms with van der Waals surface area (Å²) >= 11 is 1.11. The smallest absolute Gasteiger partial charge is 0.237 e. The van der Waals surface area contributed by atoms with Gasteiger partial charge in [0.1, 0.15) is 11.6 Å². The molecular weight excluding hydrogens is 360 g/mol. The number of benzene rings is 2. The molecule has 0 saturated heterocycles. The van der Waals surface area contributed by atoms with Crippen LogP contribution in [0.2, 0.25) is 0 Å². The zero-order valence-electron chi connectivity index (χ0n) is 14.0. The Hall–Kier alpha value is -2.81. The summed E-state index contributed by atoms with van der Waals surface area (Å²) < 4.78 is 28.4. The second kappa shape index (κ2) is 7.61. The first-order chi connectivity index (χ1) is 12.4. The van der Waals surface area contributed by atoms with Crippen molar-refractivity contribution >= 4 is 23.4 Å². The Labute approximate surface area is 152 Å². The monoisotopic (exact) mass is 375 g/mol. The average Bonchev–Trinajstić information content (AvgIpc) is 3.07. The molecule has 0 aliphatic carbocycles. The van der Waals surface area contributed by atoms with Gasteiger partial charge in [0.25, 0.3) is 0 Å². The van der Waals surface area contributed by atoms with E-state index in [-0.39, 0.29) is 5.69 Å². The molecule has 1 N–H and O–H groups in total. The van der Waals surface area contributed by atoms with Gasteiger partial charge in [0.15, 0.2) is 0 Å². The van der Waals surface area contributed by atoms with E-state index in [9.17, 15) is 13.6 Å². The van der Waals surface area contributed by atoms with Gasteiger partial charge in [-0.1, -0.05) is 29.5 Å². The summed E-state index contributed by atoms with van der Waals surface area (Å²) in [7, 11) is 0. The standard InChI is InChI=1S/C17H15F2N5OS/c1-10-3-6-13(7-4-10)24-17(21-22-23-24)26-11(2)16(25)20-15-9-12(18)5-8-14(15)19/h3-9,11H,1-2H3,(H,20,25)/t11-/m1/s1. The maximum absolute atomic E-state index is 13.7. The van der Waals surface area contributed by atoms with Gasteiger partial charge < -0.3 is 5.32 Å². The van der Waals surface area contributed by atoms with Crippen LogP contribution in [0.25, 0.3) is 5.69 Å². The lowest BCUT2D eigenvalue weighted by atomic mass is 10.2. The molecule has 0 radical (unpaired) electrons. The molecule has 134 valence electrons. The number of nitrogens with one attached hydrogen (secondary N) is 1. The number of carbonyl (C=O) groups is 1. The van der Waals surface area contributed by atoms with Crippen molar-refractivity contribution in [3.63, 3.8) is 0 Å². The van der Waals surface area contributed by atoms with E-state index in [0.717, 1.165) is 41.2 Å². The molecule has 0 spiro atoms. The normalized spacial score (nSPS) is 12.0. The zero-order valence-corrected chi connectivity index (χ0v) is 14.8. The number of rotatable bonds is 5. The number of thioether (sulfide) groups is 1. The van der Waals surface area contributed by atoms with Crippen LogP contribution in [0.4, 0.5) is 14.5 Å². The molecule has 0 aliphatic rings. The predicted octanol–water partition coefficient (Wildman–Crippen LogP) is 3.37. The maximum atomic E-state index is 13.7. The Bertz CT molecular complexity index is 929. The highest BCUT2D eigenvalue weighted by molar-refractivity contribution is 8.00. The number of carbonyl (C=O) groups excluding carboxylic acids is 1. The van der Waals surface area contributed by atoms with Gasteiger partial charge in [0, 0.05) is 6.07 Å². The summed E-state index contributed by atoms with van der Waals surface area (Å²) in [6.45, 7) is 3.60. The molecule has 2 aromatic carbocycles. The van der Waals surface area contributed by atoms with E-state index < -0.39 is 22.8 Å². The van der Waals surface area contributed by atoms with Gasteiger partial charge in [0.2, 0.25) is 11.1 Å². The summed E-state index contributed by atoms with van der Waals surface area (Å²) in [6, 6.07) is 10.5. The number of nitrogens with zero attached hydrogens (tertiary/aromatic N) is 4. The topological polar surface area (TPSA) is 72.7 Å². The molecule has 0 bridgehead atoms. The van der Waals surface area contributed by atoms with Crippen LogP contribution in [0.5, 0.6) is 0 Å². The lowest BCUT2D eigenvalue weighted by Crippen LogP contribution is -2.23. The van der Waals surface area contributed by atoms with Crippen LogP contribution in [0, 0.1) is 18.6 Å². The molecule has 1 heterocycles. The van der Waals surface area contributed by atoms with Gasteiger partial charge in [-0.3, -0.25) is 4.79 Å². The first kappa shape index (κ1) is 18.0. The number of amides is 1. The highest BCUT2D eigenvalue weighted by Gasteiger charge is 2.20. The number of hydrogen-bond donors (Lipinski definition) is 1. The molecule has 26 heavy (non-hydrogen) atoms. The van der Waals surface area contributed by atoms with Crippen molar-refractivity contribution in [3.05, 3.63) is 59.7 Å². The SMILES string of the molecule is Cc1ccc(-n2nnnc2S[C@H](C)C(=O)Nc2cc(F)ccc2F)cc1. The van der Waals surface area contributed by atoms with Gasteiger partial charge >= 0.3 is 0 Å². The molecule has 6 nitrogen and oxygen atoms in total. The number of tetrazole rings is 1. The molecular formula is C17H15F2N5OS. The summed E-state index contributed by atoms with van der Waals surface area (Å²) in [5.74, 6) is -1.83. The van der Waals surface area contributed by atoms with Crippen LogP contribution < -0.4 is 5.32 Å². The van der Waals surface area contributed by atoms with Gasteiger partial charge in [-0.25, -0.2) is 8.78 Å². The van der Waals surface area contributed by atoms with Crippen LogP contribution in [-0.2, 0) is 4.79 Å². The molecule has 0 fully saturated rings. The number of halogens is 2. The van der Waals surface area contributed by atoms with Crippen LogP contribution in [0.15, 0.2) is 47.6 Å². The Morgan fingerprint density at radius 3 is 2.65 bits per heavy atom. The molecule has 3 rings (SSSR count). The summed E-state index contributed by atoms with van der Waals surface area (Å²) in [5, 5.41) is 13.7. The van der Waals surface area contributed by atoms with Crippen LogP contribution >= 0.6 is 11.8 Å². The predicted molar refractivity (Wildman–Crippen MR) is 94.2 cm³/mol. The summed E-state index contributed by atoms with van der Waals surface area (Å²) in [5.41, 5.74) is 1.65. The van der Waals surface area contributed by atoms with E-state index in [4.69, 9.17) is 0 Å². The highest BCUT2D eigenvalue weighted by atomic mass is 32.2. The van der Waals surface area contributed by atoms with Crippen molar-refractivity contribution in [2.45, 2.75) is 24.3 Å². The average molecular weight is 375 g/mol. The summed E-state index contributed by atoms with van der Waals surface area (Å²) in [6.07, 6.45) is 0. The first-order valence-electron chi connectivity index (χ1n) is 7.72. The Balaban J connectivity index is 1.73. The highest BCUT2D eigenvalue weighted by Crippen LogP contribution is 2.24.